The predicted octanol–water partition coefficient (Wildman–Crippen LogP) is 0.756. The molecule has 0 spiro atoms. The average molecular weight is 165 g/mol. The summed E-state index contributed by atoms with van der Waals surface area (Å²) < 4.78 is 4.87. The second-order valence-corrected chi connectivity index (χ2v) is 2.33. The largest absolute Gasteiger partial charge is 0.539 e. The second kappa shape index (κ2) is 4.67. The second-order valence-electron chi connectivity index (χ2n) is 2.33. The number of hydrogen-bond donors (Lipinski definition) is 2. The van der Waals surface area contributed by atoms with Gasteiger partial charge in [-0.05, 0) is 31.2 Å². The minimum Gasteiger partial charge on any atom is -0.539 e. The summed E-state index contributed by atoms with van der Waals surface area (Å²) in [6, 6.07) is 7.45. The van der Waals surface area contributed by atoms with Gasteiger partial charge in [0.05, 0.1) is 0 Å². The van der Waals surface area contributed by atoms with Gasteiger partial charge in [0, 0.05) is 12.2 Å². The highest BCUT2D eigenvalue weighted by atomic mass is 16.5. The van der Waals surface area contributed by atoms with Crippen LogP contribution in [0.5, 0.6) is 5.75 Å². The van der Waals surface area contributed by atoms with Crippen molar-refractivity contribution in [1.82, 2.24) is 0 Å². The average Bonchev–Trinajstić information content (AvgIpc) is 2.09. The van der Waals surface area contributed by atoms with Crippen LogP contribution in [-0.2, 0) is 0 Å². The number of benzene rings is 1. The summed E-state index contributed by atoms with van der Waals surface area (Å²) in [5, 5.41) is 11.6. The quantitative estimate of drug-likeness (QED) is 0.647. The van der Waals surface area contributed by atoms with Crippen LogP contribution in [0, 0.1) is 0 Å². The zero-order valence-electron chi connectivity index (χ0n) is 7.08. The summed E-state index contributed by atoms with van der Waals surface area (Å²) in [4.78, 5) is 0. The van der Waals surface area contributed by atoms with Crippen molar-refractivity contribution >= 4 is 13.4 Å². The van der Waals surface area contributed by atoms with Crippen molar-refractivity contribution < 1.29 is 9.68 Å². The van der Waals surface area contributed by atoms with E-state index in [2.05, 4.69) is 5.32 Å². The van der Waals surface area contributed by atoms with Crippen LogP contribution in [-0.4, -0.2) is 19.3 Å². The van der Waals surface area contributed by atoms with Gasteiger partial charge in [0.1, 0.15) is 5.75 Å². The lowest BCUT2D eigenvalue weighted by Gasteiger charge is -2.04. The summed E-state index contributed by atoms with van der Waals surface area (Å²) >= 11 is 0. The molecule has 0 fully saturated rings. The van der Waals surface area contributed by atoms with Crippen LogP contribution >= 0.6 is 0 Å². The van der Waals surface area contributed by atoms with Crippen molar-refractivity contribution in [2.24, 2.45) is 0 Å². The van der Waals surface area contributed by atoms with Crippen molar-refractivity contribution in [2.75, 3.05) is 11.9 Å². The maximum absolute atomic E-state index is 8.45. The molecule has 0 amide bonds. The minimum absolute atomic E-state index is 0.277. The highest BCUT2D eigenvalue weighted by molar-refractivity contribution is 6.17. The topological polar surface area (TPSA) is 41.5 Å². The van der Waals surface area contributed by atoms with Crippen molar-refractivity contribution in [3.8, 4) is 5.75 Å². The fourth-order valence-electron chi connectivity index (χ4n) is 0.948. The van der Waals surface area contributed by atoms with Gasteiger partial charge in [0.25, 0.3) is 0 Å². The third-order valence-electron chi connectivity index (χ3n) is 1.47. The molecule has 3 nitrogen and oxygen atoms in total. The van der Waals surface area contributed by atoms with Crippen molar-refractivity contribution in [2.45, 2.75) is 6.92 Å². The molecule has 2 N–H and O–H groups in total. The summed E-state index contributed by atoms with van der Waals surface area (Å²) in [5.74, 6) is 0.680. The molecule has 0 unspecified atom stereocenters. The molecule has 0 heterocycles. The van der Waals surface area contributed by atoms with Crippen LogP contribution in [0.4, 0.5) is 5.69 Å². The van der Waals surface area contributed by atoms with Gasteiger partial charge in [-0.3, -0.25) is 0 Å². The minimum atomic E-state index is -0.277. The molecule has 0 saturated heterocycles. The van der Waals surface area contributed by atoms with Gasteiger partial charge >= 0.3 is 7.69 Å². The van der Waals surface area contributed by atoms with Gasteiger partial charge in [-0.15, -0.1) is 0 Å². The molecule has 1 aromatic carbocycles. The molecule has 64 valence electrons. The van der Waals surface area contributed by atoms with Gasteiger partial charge in [0.2, 0.25) is 0 Å². The zero-order chi connectivity index (χ0) is 8.81. The van der Waals surface area contributed by atoms with Crippen LogP contribution in [0.1, 0.15) is 6.92 Å². The van der Waals surface area contributed by atoms with Gasteiger partial charge in [0.15, 0.2) is 0 Å². The molecule has 4 heteroatoms. The molecule has 0 atom stereocenters. The first-order valence-electron chi connectivity index (χ1n) is 3.94. The van der Waals surface area contributed by atoms with E-state index in [1.165, 1.54) is 0 Å². The fourth-order valence-corrected chi connectivity index (χ4v) is 0.948. The van der Waals surface area contributed by atoms with Gasteiger partial charge in [-0.2, -0.15) is 0 Å². The Morgan fingerprint density at radius 3 is 2.58 bits per heavy atom. The Labute approximate surface area is 72.7 Å². The number of hydrogen-bond acceptors (Lipinski definition) is 3. The maximum Gasteiger partial charge on any atom is 0.504 e. The van der Waals surface area contributed by atoms with E-state index in [4.69, 9.17) is 9.68 Å². The van der Waals surface area contributed by atoms with Crippen molar-refractivity contribution in [3.05, 3.63) is 24.3 Å². The number of rotatable bonds is 4. The van der Waals surface area contributed by atoms with Crippen LogP contribution in [0.2, 0.25) is 0 Å². The first-order valence-corrected chi connectivity index (χ1v) is 3.94. The van der Waals surface area contributed by atoms with E-state index in [0.717, 1.165) is 12.2 Å². The molecule has 1 aromatic rings. The van der Waals surface area contributed by atoms with Crippen LogP contribution in [0.3, 0.4) is 0 Å². The first kappa shape index (κ1) is 8.94. The highest BCUT2D eigenvalue weighted by Crippen LogP contribution is 2.14. The molecular formula is C8H12BNO2. The molecular weight excluding hydrogens is 153 g/mol. The predicted molar refractivity (Wildman–Crippen MR) is 50.6 cm³/mol. The number of nitrogens with one attached hydrogen (secondary N) is 1. The van der Waals surface area contributed by atoms with E-state index in [1.54, 1.807) is 0 Å². The Kier molecular flexibility index (Phi) is 3.48. The molecule has 0 bridgehead atoms. The third-order valence-corrected chi connectivity index (χ3v) is 1.47. The smallest absolute Gasteiger partial charge is 0.504 e. The van der Waals surface area contributed by atoms with Crippen molar-refractivity contribution in [1.29, 1.82) is 0 Å². The Bertz CT molecular complexity index is 200. The molecule has 0 aliphatic carbocycles. The molecule has 0 saturated carbocycles. The molecule has 0 aliphatic rings. The summed E-state index contributed by atoms with van der Waals surface area (Å²) in [7, 11) is -0.277. The zero-order valence-corrected chi connectivity index (χ0v) is 7.08. The van der Waals surface area contributed by atoms with Gasteiger partial charge < -0.3 is 15.0 Å². The molecule has 0 radical (unpaired) electrons. The van der Waals surface area contributed by atoms with Gasteiger partial charge in [-0.1, -0.05) is 0 Å². The van der Waals surface area contributed by atoms with E-state index >= 15 is 0 Å². The van der Waals surface area contributed by atoms with Crippen LogP contribution < -0.4 is 9.97 Å². The molecule has 1 rings (SSSR count). The first-order chi connectivity index (χ1) is 5.86. The number of anilines is 1. The van der Waals surface area contributed by atoms with E-state index < -0.39 is 0 Å². The normalized spacial score (nSPS) is 9.17. The van der Waals surface area contributed by atoms with Crippen molar-refractivity contribution in [3.63, 3.8) is 0 Å². The monoisotopic (exact) mass is 165 g/mol. The Balaban J connectivity index is 2.58. The third kappa shape index (κ3) is 2.47. The SMILES string of the molecule is CCNc1ccc(OBO)cc1. The Hall–Kier alpha value is -1.16. The summed E-state index contributed by atoms with van der Waals surface area (Å²) in [6.45, 7) is 2.94. The summed E-state index contributed by atoms with van der Waals surface area (Å²) in [6.07, 6.45) is 0. The lowest BCUT2D eigenvalue weighted by atomic mass is 10.3. The lowest BCUT2D eigenvalue weighted by Crippen LogP contribution is -2.00. The van der Waals surface area contributed by atoms with Gasteiger partial charge in [-0.25, -0.2) is 0 Å². The van der Waals surface area contributed by atoms with E-state index in [0.29, 0.717) is 5.75 Å². The van der Waals surface area contributed by atoms with E-state index in [1.807, 2.05) is 31.2 Å². The molecule has 12 heavy (non-hydrogen) atoms. The van der Waals surface area contributed by atoms with Crippen LogP contribution in [0.25, 0.3) is 0 Å². The van der Waals surface area contributed by atoms with Crippen LogP contribution in [0.15, 0.2) is 24.3 Å². The highest BCUT2D eigenvalue weighted by Gasteiger charge is 1.92. The van der Waals surface area contributed by atoms with E-state index in [9.17, 15) is 0 Å². The lowest BCUT2D eigenvalue weighted by molar-refractivity contribution is 0.454. The fraction of sp³-hybridized carbons (Fsp3) is 0.250. The standard InChI is InChI=1S/C8H12BNO2/c1-2-10-7-3-5-8(6-4-7)12-9-11/h3-6,9-11H,2H2,1H3. The van der Waals surface area contributed by atoms with E-state index in [-0.39, 0.29) is 7.69 Å². The maximum atomic E-state index is 8.45. The molecule has 0 aliphatic heterocycles. The summed E-state index contributed by atoms with van der Waals surface area (Å²) in [5.41, 5.74) is 1.06. The molecule has 0 aromatic heterocycles. The Morgan fingerprint density at radius 1 is 1.42 bits per heavy atom. The Morgan fingerprint density at radius 2 is 2.08 bits per heavy atom.